The Morgan fingerprint density at radius 2 is 1.75 bits per heavy atom. The molecule has 98 valence electrons. The lowest BCUT2D eigenvalue weighted by Gasteiger charge is -2.37. The van der Waals surface area contributed by atoms with Gasteiger partial charge in [0.2, 0.25) is 0 Å². The number of nitrogens with zero attached hydrogens (tertiary/aromatic N) is 1. The Balaban J connectivity index is 4.45. The molecule has 2 nitrogen and oxygen atoms in total. The third-order valence-corrected chi connectivity index (χ3v) is 3.26. The summed E-state index contributed by atoms with van der Waals surface area (Å²) in [5.74, 6) is 0.728. The molecule has 0 amide bonds. The number of nitrogens with two attached hydrogens (primary N) is 1. The van der Waals surface area contributed by atoms with Gasteiger partial charge < -0.3 is 10.6 Å². The van der Waals surface area contributed by atoms with Crippen molar-refractivity contribution in [1.29, 1.82) is 0 Å². The van der Waals surface area contributed by atoms with E-state index in [1.54, 1.807) is 0 Å². The molecule has 2 N–H and O–H groups in total. The van der Waals surface area contributed by atoms with Crippen LogP contribution < -0.4 is 5.73 Å². The van der Waals surface area contributed by atoms with Gasteiger partial charge in [0.1, 0.15) is 0 Å². The fourth-order valence-corrected chi connectivity index (χ4v) is 2.27. The number of hydrogen-bond acceptors (Lipinski definition) is 2. The number of rotatable bonds is 8. The quantitative estimate of drug-likeness (QED) is 0.691. The van der Waals surface area contributed by atoms with Crippen LogP contribution in [-0.4, -0.2) is 30.6 Å². The van der Waals surface area contributed by atoms with Crippen molar-refractivity contribution in [2.75, 3.05) is 19.6 Å². The van der Waals surface area contributed by atoms with E-state index >= 15 is 0 Å². The fraction of sp³-hybridized carbons (Fsp3) is 1.00. The molecule has 0 aromatic heterocycles. The predicted molar refractivity (Wildman–Crippen MR) is 73.6 cm³/mol. The molecular weight excluding hydrogens is 196 g/mol. The second-order valence-corrected chi connectivity index (χ2v) is 6.18. The van der Waals surface area contributed by atoms with E-state index < -0.39 is 0 Å². The molecule has 2 heteroatoms. The van der Waals surface area contributed by atoms with Crippen LogP contribution in [0.5, 0.6) is 0 Å². The van der Waals surface area contributed by atoms with E-state index in [2.05, 4.69) is 46.4 Å². The molecular formula is C14H32N2. The van der Waals surface area contributed by atoms with Crippen molar-refractivity contribution in [1.82, 2.24) is 4.90 Å². The molecule has 0 saturated heterocycles. The van der Waals surface area contributed by atoms with Crippen molar-refractivity contribution in [3.63, 3.8) is 0 Å². The third-order valence-electron chi connectivity index (χ3n) is 3.26. The summed E-state index contributed by atoms with van der Waals surface area (Å²) in [6.07, 6.45) is 2.45. The first-order valence-electron chi connectivity index (χ1n) is 6.78. The Bertz CT molecular complexity index is 178. The SMILES string of the molecule is CCCC(C)(CN)CN(CC(C)C)C(C)C. The molecule has 0 spiro atoms. The van der Waals surface area contributed by atoms with Crippen LogP contribution in [0.3, 0.4) is 0 Å². The minimum absolute atomic E-state index is 0.286. The maximum atomic E-state index is 5.95. The zero-order valence-corrected chi connectivity index (χ0v) is 12.2. The highest BCUT2D eigenvalue weighted by Crippen LogP contribution is 2.24. The average molecular weight is 228 g/mol. The van der Waals surface area contributed by atoms with Gasteiger partial charge in [0.05, 0.1) is 0 Å². The van der Waals surface area contributed by atoms with Crippen LogP contribution in [0.1, 0.15) is 54.4 Å². The van der Waals surface area contributed by atoms with Crippen LogP contribution >= 0.6 is 0 Å². The van der Waals surface area contributed by atoms with E-state index in [0.717, 1.165) is 19.0 Å². The topological polar surface area (TPSA) is 29.3 Å². The summed E-state index contributed by atoms with van der Waals surface area (Å²) in [4.78, 5) is 2.58. The third kappa shape index (κ3) is 5.86. The van der Waals surface area contributed by atoms with E-state index in [0.29, 0.717) is 6.04 Å². The molecule has 16 heavy (non-hydrogen) atoms. The van der Waals surface area contributed by atoms with E-state index in [1.807, 2.05) is 0 Å². The van der Waals surface area contributed by atoms with Gasteiger partial charge in [-0.15, -0.1) is 0 Å². The van der Waals surface area contributed by atoms with Crippen LogP contribution in [0, 0.1) is 11.3 Å². The van der Waals surface area contributed by atoms with Crippen LogP contribution in [0.25, 0.3) is 0 Å². The fourth-order valence-electron chi connectivity index (χ4n) is 2.27. The van der Waals surface area contributed by atoms with Crippen molar-refractivity contribution in [3.05, 3.63) is 0 Å². The van der Waals surface area contributed by atoms with Gasteiger partial charge in [0.25, 0.3) is 0 Å². The van der Waals surface area contributed by atoms with Crippen LogP contribution in [0.4, 0.5) is 0 Å². The van der Waals surface area contributed by atoms with E-state index in [-0.39, 0.29) is 5.41 Å². The Kier molecular flexibility index (Phi) is 7.25. The normalized spacial score (nSPS) is 16.1. The molecule has 0 aliphatic rings. The Hall–Kier alpha value is -0.0800. The molecule has 0 saturated carbocycles. The van der Waals surface area contributed by atoms with Gasteiger partial charge in [-0.2, -0.15) is 0 Å². The van der Waals surface area contributed by atoms with Gasteiger partial charge in [-0.1, -0.05) is 34.1 Å². The largest absolute Gasteiger partial charge is 0.330 e. The second kappa shape index (κ2) is 7.29. The van der Waals surface area contributed by atoms with Crippen LogP contribution in [0.2, 0.25) is 0 Å². The van der Waals surface area contributed by atoms with E-state index in [4.69, 9.17) is 5.73 Å². The molecule has 0 aliphatic heterocycles. The molecule has 0 aliphatic carbocycles. The molecule has 0 radical (unpaired) electrons. The van der Waals surface area contributed by atoms with Gasteiger partial charge in [0.15, 0.2) is 0 Å². The summed E-state index contributed by atoms with van der Waals surface area (Å²) in [5.41, 5.74) is 6.23. The molecule has 0 fully saturated rings. The predicted octanol–water partition coefficient (Wildman–Crippen LogP) is 3.12. The van der Waals surface area contributed by atoms with Crippen molar-refractivity contribution >= 4 is 0 Å². The first-order chi connectivity index (χ1) is 7.34. The van der Waals surface area contributed by atoms with Crippen LogP contribution in [0.15, 0.2) is 0 Å². The molecule has 1 atom stereocenters. The Morgan fingerprint density at radius 3 is 2.06 bits per heavy atom. The molecule has 0 heterocycles. The standard InChI is InChI=1S/C14H32N2/c1-7-8-14(6,10-15)11-16(13(4)5)9-12(2)3/h12-13H,7-11,15H2,1-6H3. The summed E-state index contributed by atoms with van der Waals surface area (Å²) in [7, 11) is 0. The summed E-state index contributed by atoms with van der Waals surface area (Å²) < 4.78 is 0. The lowest BCUT2D eigenvalue weighted by Crippen LogP contribution is -2.45. The van der Waals surface area contributed by atoms with Gasteiger partial charge in [-0.25, -0.2) is 0 Å². The molecule has 0 rings (SSSR count). The van der Waals surface area contributed by atoms with Gasteiger partial charge in [-0.3, -0.25) is 0 Å². The summed E-state index contributed by atoms with van der Waals surface area (Å²) >= 11 is 0. The van der Waals surface area contributed by atoms with Crippen molar-refractivity contribution in [2.45, 2.75) is 60.4 Å². The Morgan fingerprint density at radius 1 is 1.19 bits per heavy atom. The maximum absolute atomic E-state index is 5.95. The second-order valence-electron chi connectivity index (χ2n) is 6.18. The highest BCUT2D eigenvalue weighted by molar-refractivity contribution is 4.81. The van der Waals surface area contributed by atoms with Gasteiger partial charge in [0, 0.05) is 19.1 Å². The molecule has 0 bridgehead atoms. The minimum Gasteiger partial charge on any atom is -0.330 e. The van der Waals surface area contributed by atoms with Gasteiger partial charge >= 0.3 is 0 Å². The monoisotopic (exact) mass is 228 g/mol. The number of hydrogen-bond donors (Lipinski definition) is 1. The maximum Gasteiger partial charge on any atom is 0.00502 e. The summed E-state index contributed by atoms with van der Waals surface area (Å²) in [6.45, 7) is 16.8. The highest BCUT2D eigenvalue weighted by atomic mass is 15.2. The smallest absolute Gasteiger partial charge is 0.00502 e. The van der Waals surface area contributed by atoms with Gasteiger partial charge in [-0.05, 0) is 38.1 Å². The van der Waals surface area contributed by atoms with E-state index in [9.17, 15) is 0 Å². The molecule has 0 aromatic rings. The van der Waals surface area contributed by atoms with Crippen molar-refractivity contribution in [2.24, 2.45) is 17.1 Å². The van der Waals surface area contributed by atoms with Crippen molar-refractivity contribution < 1.29 is 0 Å². The molecule has 0 aromatic carbocycles. The summed E-state index contributed by atoms with van der Waals surface area (Å²) in [6, 6.07) is 0.616. The van der Waals surface area contributed by atoms with Crippen molar-refractivity contribution in [3.8, 4) is 0 Å². The lowest BCUT2D eigenvalue weighted by molar-refractivity contribution is 0.117. The molecule has 1 unspecified atom stereocenters. The van der Waals surface area contributed by atoms with Crippen LogP contribution in [-0.2, 0) is 0 Å². The first-order valence-corrected chi connectivity index (χ1v) is 6.78. The zero-order valence-electron chi connectivity index (χ0n) is 12.2. The zero-order chi connectivity index (χ0) is 12.8. The summed E-state index contributed by atoms with van der Waals surface area (Å²) in [5, 5.41) is 0. The average Bonchev–Trinajstić information content (AvgIpc) is 2.16. The first kappa shape index (κ1) is 15.9. The van der Waals surface area contributed by atoms with E-state index in [1.165, 1.54) is 19.4 Å². The highest BCUT2D eigenvalue weighted by Gasteiger charge is 2.26. The minimum atomic E-state index is 0.286. The Labute approximate surface area is 103 Å². The lowest BCUT2D eigenvalue weighted by atomic mass is 9.84.